The quantitative estimate of drug-likeness (QED) is 0.543. The zero-order valence-corrected chi connectivity index (χ0v) is 20.0. The van der Waals surface area contributed by atoms with Crippen LogP contribution in [0.1, 0.15) is 30.5 Å². The fraction of sp³-hybridized carbons (Fsp3) is 0.385. The first-order valence-corrected chi connectivity index (χ1v) is 13.0. The van der Waals surface area contributed by atoms with Gasteiger partial charge in [0.05, 0.1) is 16.3 Å². The lowest BCUT2D eigenvalue weighted by Crippen LogP contribution is -2.47. The number of pyridine rings is 1. The van der Waals surface area contributed by atoms with Crippen molar-refractivity contribution in [2.75, 3.05) is 7.05 Å². The van der Waals surface area contributed by atoms with Gasteiger partial charge in [0, 0.05) is 29.7 Å². The van der Waals surface area contributed by atoms with Crippen molar-refractivity contribution in [3.05, 3.63) is 65.9 Å². The van der Waals surface area contributed by atoms with Crippen LogP contribution in [0.2, 0.25) is 0 Å². The number of aryl methyl sites for hydroxylation is 1. The summed E-state index contributed by atoms with van der Waals surface area (Å²) in [5.41, 5.74) is 2.82. The zero-order valence-electron chi connectivity index (χ0n) is 19.2. The molecule has 4 atom stereocenters. The minimum Gasteiger partial charge on any atom is -0.489 e. The SMILES string of the molecule is Cc1cc(COc2ccc(S(=O)(=O)N(C)C3C4CCC(C4)C3C(=O)O)cc2)c2ccccc2n1. The van der Waals surface area contributed by atoms with E-state index in [1.807, 2.05) is 37.3 Å². The van der Waals surface area contributed by atoms with E-state index in [9.17, 15) is 18.3 Å². The number of nitrogens with zero attached hydrogens (tertiary/aromatic N) is 2. The average Bonchev–Trinajstić information content (AvgIpc) is 3.44. The number of carboxylic acid groups (broad SMARTS) is 1. The van der Waals surface area contributed by atoms with Gasteiger partial charge in [-0.25, -0.2) is 8.42 Å². The first kappa shape index (κ1) is 22.8. The highest BCUT2D eigenvalue weighted by Gasteiger charge is 2.54. The number of fused-ring (bicyclic) bond motifs is 3. The number of aromatic nitrogens is 1. The van der Waals surface area contributed by atoms with Gasteiger partial charge in [-0.2, -0.15) is 4.31 Å². The van der Waals surface area contributed by atoms with Crippen LogP contribution in [0.4, 0.5) is 0 Å². The van der Waals surface area contributed by atoms with Gasteiger partial charge in [0.2, 0.25) is 10.0 Å². The molecule has 4 unspecified atom stereocenters. The van der Waals surface area contributed by atoms with E-state index in [4.69, 9.17) is 4.74 Å². The van der Waals surface area contributed by atoms with Gasteiger partial charge in [-0.05, 0) is 74.4 Å². The first-order valence-electron chi connectivity index (χ1n) is 11.5. The fourth-order valence-electron chi connectivity index (χ4n) is 5.84. The summed E-state index contributed by atoms with van der Waals surface area (Å²) in [4.78, 5) is 16.5. The Balaban J connectivity index is 1.33. The summed E-state index contributed by atoms with van der Waals surface area (Å²) >= 11 is 0. The van der Waals surface area contributed by atoms with E-state index in [2.05, 4.69) is 4.98 Å². The Labute approximate surface area is 199 Å². The van der Waals surface area contributed by atoms with Crippen LogP contribution in [0.25, 0.3) is 10.9 Å². The lowest BCUT2D eigenvalue weighted by molar-refractivity contribution is -0.145. The molecule has 2 saturated carbocycles. The van der Waals surface area contributed by atoms with Gasteiger partial charge in [0.1, 0.15) is 12.4 Å². The second-order valence-corrected chi connectivity index (χ2v) is 11.4. The first-order chi connectivity index (χ1) is 16.3. The molecule has 0 amide bonds. The smallest absolute Gasteiger partial charge is 0.308 e. The Morgan fingerprint density at radius 1 is 1.12 bits per heavy atom. The molecule has 2 aliphatic rings. The lowest BCUT2D eigenvalue weighted by Gasteiger charge is -2.34. The fourth-order valence-corrected chi connectivity index (χ4v) is 7.28. The number of para-hydroxylation sites is 1. The predicted molar refractivity (Wildman–Crippen MR) is 128 cm³/mol. The Bertz CT molecular complexity index is 1340. The van der Waals surface area contributed by atoms with Crippen molar-refractivity contribution in [1.82, 2.24) is 9.29 Å². The molecule has 1 N–H and O–H groups in total. The highest BCUT2D eigenvalue weighted by Crippen LogP contribution is 2.51. The highest BCUT2D eigenvalue weighted by atomic mass is 32.2. The van der Waals surface area contributed by atoms with Crippen molar-refractivity contribution in [3.8, 4) is 5.75 Å². The summed E-state index contributed by atoms with van der Waals surface area (Å²) in [6.07, 6.45) is 2.54. The third-order valence-corrected chi connectivity index (χ3v) is 9.27. The summed E-state index contributed by atoms with van der Waals surface area (Å²) in [5.74, 6) is -0.814. The molecule has 5 rings (SSSR count). The lowest BCUT2D eigenvalue weighted by atomic mass is 9.84. The molecule has 1 aromatic heterocycles. The molecule has 0 radical (unpaired) electrons. The topological polar surface area (TPSA) is 96.8 Å². The van der Waals surface area contributed by atoms with Crippen molar-refractivity contribution >= 4 is 26.9 Å². The molecule has 8 heteroatoms. The molecule has 178 valence electrons. The van der Waals surface area contributed by atoms with Gasteiger partial charge in [0.15, 0.2) is 0 Å². The maximum atomic E-state index is 13.3. The van der Waals surface area contributed by atoms with E-state index < -0.39 is 28.0 Å². The van der Waals surface area contributed by atoms with Gasteiger partial charge in [-0.3, -0.25) is 9.78 Å². The second kappa shape index (κ2) is 8.67. The number of carbonyl (C=O) groups is 1. The number of sulfonamides is 1. The third kappa shape index (κ3) is 3.95. The van der Waals surface area contributed by atoms with Gasteiger partial charge in [-0.15, -0.1) is 0 Å². The minimum absolute atomic E-state index is 0.0637. The second-order valence-electron chi connectivity index (χ2n) is 9.41. The van der Waals surface area contributed by atoms with Gasteiger partial charge < -0.3 is 9.84 Å². The molecule has 2 fully saturated rings. The van der Waals surface area contributed by atoms with Crippen LogP contribution in [0.5, 0.6) is 5.75 Å². The van der Waals surface area contributed by atoms with E-state index >= 15 is 0 Å². The van der Waals surface area contributed by atoms with Crippen LogP contribution in [-0.4, -0.2) is 41.9 Å². The molecule has 3 aromatic rings. The normalized spacial score (nSPS) is 24.1. The average molecular weight is 481 g/mol. The maximum absolute atomic E-state index is 13.3. The van der Waals surface area contributed by atoms with Crippen molar-refractivity contribution < 1.29 is 23.1 Å². The highest BCUT2D eigenvalue weighted by molar-refractivity contribution is 7.89. The predicted octanol–water partition coefficient (Wildman–Crippen LogP) is 4.24. The minimum atomic E-state index is -3.82. The number of ether oxygens (including phenoxy) is 1. The molecule has 2 aliphatic carbocycles. The summed E-state index contributed by atoms with van der Waals surface area (Å²) in [6.45, 7) is 2.28. The molecular formula is C26H28N2O5S. The van der Waals surface area contributed by atoms with Crippen LogP contribution in [0.3, 0.4) is 0 Å². The van der Waals surface area contributed by atoms with Gasteiger partial charge in [-0.1, -0.05) is 18.2 Å². The van der Waals surface area contributed by atoms with Crippen molar-refractivity contribution in [2.45, 2.75) is 43.7 Å². The van der Waals surface area contributed by atoms with Crippen molar-refractivity contribution in [3.63, 3.8) is 0 Å². The molecule has 2 aromatic carbocycles. The molecular weight excluding hydrogens is 452 g/mol. The molecule has 1 heterocycles. The Morgan fingerprint density at radius 2 is 1.82 bits per heavy atom. The summed E-state index contributed by atoms with van der Waals surface area (Å²) < 4.78 is 33.9. The largest absolute Gasteiger partial charge is 0.489 e. The molecule has 0 spiro atoms. The standard InChI is InChI=1S/C26H28N2O5S/c1-16-13-19(22-5-3-4-6-23(22)27-16)15-33-20-9-11-21(12-10-20)34(31,32)28(2)25-18-8-7-17(14-18)24(25)26(29)30/h3-6,9-13,17-18,24-25H,7-8,14-15H2,1-2H3,(H,29,30). The van der Waals surface area contributed by atoms with E-state index in [-0.39, 0.29) is 16.7 Å². The molecule has 7 nitrogen and oxygen atoms in total. The van der Waals surface area contributed by atoms with Crippen LogP contribution < -0.4 is 4.74 Å². The van der Waals surface area contributed by atoms with Crippen LogP contribution in [0, 0.1) is 24.7 Å². The number of hydrogen-bond donors (Lipinski definition) is 1. The van der Waals surface area contributed by atoms with Crippen LogP contribution in [0.15, 0.2) is 59.5 Å². The summed E-state index contributed by atoms with van der Waals surface area (Å²) in [6, 6.07) is 15.7. The van der Waals surface area contributed by atoms with Gasteiger partial charge >= 0.3 is 5.97 Å². The van der Waals surface area contributed by atoms with Gasteiger partial charge in [0.25, 0.3) is 0 Å². The van der Waals surface area contributed by atoms with Crippen molar-refractivity contribution in [1.29, 1.82) is 0 Å². The maximum Gasteiger partial charge on any atom is 0.308 e. The van der Waals surface area contributed by atoms with Crippen molar-refractivity contribution in [2.24, 2.45) is 17.8 Å². The third-order valence-electron chi connectivity index (χ3n) is 7.40. The number of carboxylic acids is 1. The molecule has 0 aliphatic heterocycles. The van der Waals surface area contributed by atoms with E-state index in [1.54, 1.807) is 12.1 Å². The van der Waals surface area contributed by atoms with E-state index in [0.29, 0.717) is 12.4 Å². The van der Waals surface area contributed by atoms with Crippen LogP contribution >= 0.6 is 0 Å². The zero-order chi connectivity index (χ0) is 24.0. The monoisotopic (exact) mass is 480 g/mol. The number of benzene rings is 2. The number of hydrogen-bond acceptors (Lipinski definition) is 5. The summed E-state index contributed by atoms with van der Waals surface area (Å²) in [7, 11) is -2.31. The Hall–Kier alpha value is -2.97. The van der Waals surface area contributed by atoms with E-state index in [0.717, 1.165) is 41.4 Å². The number of aliphatic carboxylic acids is 1. The number of rotatable bonds is 7. The molecule has 0 saturated heterocycles. The van der Waals surface area contributed by atoms with E-state index in [1.165, 1.54) is 23.5 Å². The molecule has 2 bridgehead atoms. The Morgan fingerprint density at radius 3 is 2.56 bits per heavy atom. The Kier molecular flexibility index (Phi) is 5.81. The van der Waals surface area contributed by atoms with Crippen LogP contribution in [-0.2, 0) is 21.4 Å². The summed E-state index contributed by atoms with van der Waals surface area (Å²) in [5, 5.41) is 10.7. The molecule has 34 heavy (non-hydrogen) atoms.